The maximum Gasteiger partial charge on any atom is 0.337 e. The maximum atomic E-state index is 12.8. The molecule has 0 saturated carbocycles. The summed E-state index contributed by atoms with van der Waals surface area (Å²) in [5, 5.41) is 11.2. The molecule has 3 rings (SSSR count). The summed E-state index contributed by atoms with van der Waals surface area (Å²) in [4.78, 5) is 24.7. The summed E-state index contributed by atoms with van der Waals surface area (Å²) >= 11 is 1.43. The maximum absolute atomic E-state index is 12.8. The van der Waals surface area contributed by atoms with Crippen molar-refractivity contribution in [3.63, 3.8) is 0 Å². The third kappa shape index (κ3) is 2.14. The lowest BCUT2D eigenvalue weighted by Crippen LogP contribution is -2.10. The van der Waals surface area contributed by atoms with Gasteiger partial charge < -0.3 is 9.67 Å². The average Bonchev–Trinajstić information content (AvgIpc) is 3.10. The summed E-state index contributed by atoms with van der Waals surface area (Å²) in [6, 6.07) is 3.72. The van der Waals surface area contributed by atoms with E-state index in [4.69, 9.17) is 0 Å². The first-order valence-corrected chi connectivity index (χ1v) is 7.67. The van der Waals surface area contributed by atoms with Crippen LogP contribution in [0.3, 0.4) is 0 Å². The van der Waals surface area contributed by atoms with Gasteiger partial charge in [0.05, 0.1) is 21.8 Å². The predicted octanol–water partition coefficient (Wildman–Crippen LogP) is 3.13. The van der Waals surface area contributed by atoms with Gasteiger partial charge in [0.25, 0.3) is 0 Å². The van der Waals surface area contributed by atoms with Gasteiger partial charge >= 0.3 is 5.97 Å². The third-order valence-corrected chi connectivity index (χ3v) is 4.76. The lowest BCUT2D eigenvalue weighted by molar-refractivity contribution is -0.130. The van der Waals surface area contributed by atoms with Crippen LogP contribution in [0.4, 0.5) is 0 Å². The van der Waals surface area contributed by atoms with E-state index in [1.54, 1.807) is 6.08 Å². The van der Waals surface area contributed by atoms with E-state index >= 15 is 0 Å². The van der Waals surface area contributed by atoms with E-state index in [2.05, 4.69) is 0 Å². The molecular weight excluding hydrogens is 286 g/mol. The highest BCUT2D eigenvalue weighted by Gasteiger charge is 2.28. The number of allylic oxidation sites excluding steroid dienone is 1. The molecule has 0 bridgehead atoms. The Morgan fingerprint density at radius 1 is 1.38 bits per heavy atom. The molecule has 0 saturated heterocycles. The molecule has 0 spiro atoms. The Bertz CT molecular complexity index is 780. The summed E-state index contributed by atoms with van der Waals surface area (Å²) < 4.78 is 1.82. The molecular formula is C16H15NO3S. The van der Waals surface area contributed by atoms with Crippen molar-refractivity contribution in [2.75, 3.05) is 0 Å². The van der Waals surface area contributed by atoms with Crippen molar-refractivity contribution >= 4 is 28.7 Å². The fourth-order valence-electron chi connectivity index (χ4n) is 2.71. The van der Waals surface area contributed by atoms with E-state index in [1.807, 2.05) is 35.9 Å². The Morgan fingerprint density at radius 3 is 2.71 bits per heavy atom. The van der Waals surface area contributed by atoms with E-state index in [9.17, 15) is 14.7 Å². The van der Waals surface area contributed by atoms with Crippen molar-refractivity contribution < 1.29 is 14.7 Å². The van der Waals surface area contributed by atoms with Crippen molar-refractivity contribution in [3.8, 4) is 0 Å². The number of carbonyl (C=O) groups is 2. The normalized spacial score (nSPS) is 13.1. The Balaban J connectivity index is 2.11. The second-order valence-electron chi connectivity index (χ2n) is 5.11. The summed E-state index contributed by atoms with van der Waals surface area (Å²) in [6.07, 6.45) is 2.37. The number of fused-ring (bicyclic) bond motifs is 1. The van der Waals surface area contributed by atoms with Gasteiger partial charge in [0.1, 0.15) is 0 Å². The molecule has 0 unspecified atom stereocenters. The molecule has 0 aliphatic carbocycles. The molecule has 1 aliphatic heterocycles. The Kier molecular flexibility index (Phi) is 3.29. The molecule has 0 fully saturated rings. The van der Waals surface area contributed by atoms with Crippen LogP contribution < -0.4 is 0 Å². The molecule has 1 aliphatic rings. The minimum Gasteiger partial charge on any atom is -0.478 e. The summed E-state index contributed by atoms with van der Waals surface area (Å²) in [5.74, 6) is -0.962. The Labute approximate surface area is 126 Å². The van der Waals surface area contributed by atoms with E-state index in [0.717, 1.165) is 11.1 Å². The molecule has 0 atom stereocenters. The number of nitrogens with zero attached hydrogens (tertiary/aromatic N) is 1. The highest BCUT2D eigenvalue weighted by molar-refractivity contribution is 7.12. The fraction of sp³-hybridized carbons (Fsp3) is 0.250. The summed E-state index contributed by atoms with van der Waals surface area (Å²) in [6.45, 7) is 4.38. The molecule has 21 heavy (non-hydrogen) atoms. The smallest absolute Gasteiger partial charge is 0.337 e. The highest BCUT2D eigenvalue weighted by atomic mass is 32.1. The Hall–Kier alpha value is -2.14. The second-order valence-corrected chi connectivity index (χ2v) is 6.02. The number of rotatable bonds is 4. The summed E-state index contributed by atoms with van der Waals surface area (Å²) in [7, 11) is 0. The third-order valence-electron chi connectivity index (χ3n) is 3.71. The number of thiophene rings is 1. The number of carboxylic acids is 1. The van der Waals surface area contributed by atoms with Crippen LogP contribution in [0.1, 0.15) is 39.1 Å². The van der Waals surface area contributed by atoms with Crippen molar-refractivity contribution in [2.24, 2.45) is 0 Å². The van der Waals surface area contributed by atoms with Crippen LogP contribution in [0.5, 0.6) is 0 Å². The van der Waals surface area contributed by atoms with Crippen LogP contribution in [0.15, 0.2) is 23.6 Å². The van der Waals surface area contributed by atoms with Gasteiger partial charge in [-0.3, -0.25) is 4.79 Å². The second kappa shape index (κ2) is 5.00. The van der Waals surface area contributed by atoms with E-state index in [1.165, 1.54) is 11.3 Å². The zero-order chi connectivity index (χ0) is 15.1. The van der Waals surface area contributed by atoms with Crippen molar-refractivity contribution in [1.82, 2.24) is 4.57 Å². The molecule has 2 aromatic rings. The first kappa shape index (κ1) is 13.8. The first-order chi connectivity index (χ1) is 10.0. The van der Waals surface area contributed by atoms with Crippen molar-refractivity contribution in [3.05, 3.63) is 51.0 Å². The number of ketones is 1. The van der Waals surface area contributed by atoms with Crippen molar-refractivity contribution in [2.45, 2.75) is 26.8 Å². The van der Waals surface area contributed by atoms with Gasteiger partial charge in [0, 0.05) is 6.54 Å². The minimum absolute atomic E-state index is 0.0174. The summed E-state index contributed by atoms with van der Waals surface area (Å²) in [5.41, 5.74) is 3.52. The first-order valence-electron chi connectivity index (χ1n) is 6.79. The number of aromatic nitrogens is 1. The highest BCUT2D eigenvalue weighted by Crippen LogP contribution is 2.31. The van der Waals surface area contributed by atoms with Gasteiger partial charge in [-0.2, -0.15) is 0 Å². The van der Waals surface area contributed by atoms with Gasteiger partial charge in [0.2, 0.25) is 5.78 Å². The van der Waals surface area contributed by atoms with Gasteiger partial charge in [-0.15, -0.1) is 11.3 Å². The van der Waals surface area contributed by atoms with Crippen LogP contribution >= 0.6 is 11.3 Å². The van der Waals surface area contributed by atoms with E-state index in [0.29, 0.717) is 29.2 Å². The molecule has 3 heterocycles. The SMILES string of the molecule is CCc1cc2n(c1C(=O)c1cc(C)cs1)CC=C2C(=O)O. The van der Waals surface area contributed by atoms with Crippen LogP contribution in [-0.2, 0) is 17.8 Å². The van der Waals surface area contributed by atoms with Crippen LogP contribution in [0.2, 0.25) is 0 Å². The molecule has 108 valence electrons. The number of aryl methyl sites for hydroxylation is 2. The number of aliphatic carboxylic acids is 1. The molecule has 0 amide bonds. The lowest BCUT2D eigenvalue weighted by Gasteiger charge is -2.06. The van der Waals surface area contributed by atoms with Gasteiger partial charge in [-0.25, -0.2) is 4.79 Å². The van der Waals surface area contributed by atoms with Crippen LogP contribution in [0, 0.1) is 6.92 Å². The number of hydrogen-bond donors (Lipinski definition) is 1. The topological polar surface area (TPSA) is 59.3 Å². The average molecular weight is 301 g/mol. The number of hydrogen-bond acceptors (Lipinski definition) is 3. The zero-order valence-corrected chi connectivity index (χ0v) is 12.7. The van der Waals surface area contributed by atoms with Crippen molar-refractivity contribution in [1.29, 1.82) is 0 Å². The largest absolute Gasteiger partial charge is 0.478 e. The molecule has 0 radical (unpaired) electrons. The molecule has 4 nitrogen and oxygen atoms in total. The molecule has 5 heteroatoms. The van der Waals surface area contributed by atoms with Gasteiger partial charge in [-0.05, 0) is 48.1 Å². The molecule has 1 N–H and O–H groups in total. The monoisotopic (exact) mass is 301 g/mol. The predicted molar refractivity (Wildman–Crippen MR) is 81.9 cm³/mol. The molecule has 2 aromatic heterocycles. The zero-order valence-electron chi connectivity index (χ0n) is 11.8. The van der Waals surface area contributed by atoms with Gasteiger partial charge in [-0.1, -0.05) is 6.92 Å². The quantitative estimate of drug-likeness (QED) is 0.883. The standard InChI is InChI=1S/C16H15NO3S/c1-3-10-7-12-11(16(19)20)4-5-17(12)14(10)15(18)13-6-9(2)8-21-13/h4,6-8H,3,5H2,1-2H3,(H,19,20). The lowest BCUT2D eigenvalue weighted by atomic mass is 10.1. The van der Waals surface area contributed by atoms with Gasteiger partial charge in [0.15, 0.2) is 0 Å². The van der Waals surface area contributed by atoms with Crippen LogP contribution in [-0.4, -0.2) is 21.4 Å². The number of carboxylic acid groups (broad SMARTS) is 1. The number of carbonyl (C=O) groups excluding carboxylic acids is 1. The Morgan fingerprint density at radius 2 is 2.14 bits per heavy atom. The molecule has 0 aromatic carbocycles. The van der Waals surface area contributed by atoms with E-state index < -0.39 is 5.97 Å². The fourth-order valence-corrected chi connectivity index (χ4v) is 3.55. The van der Waals surface area contributed by atoms with E-state index in [-0.39, 0.29) is 11.4 Å². The minimum atomic E-state index is -0.945. The van der Waals surface area contributed by atoms with Crippen LogP contribution in [0.25, 0.3) is 5.57 Å².